The number of carbonyl (C=O) groups is 2. The number of imidazole rings is 1. The van der Waals surface area contributed by atoms with Crippen molar-refractivity contribution in [2.75, 3.05) is 0 Å². The monoisotopic (exact) mass is 272 g/mol. The Morgan fingerprint density at radius 1 is 1.30 bits per heavy atom. The highest BCUT2D eigenvalue weighted by Crippen LogP contribution is 1.99. The summed E-state index contributed by atoms with van der Waals surface area (Å²) in [5.41, 5.74) is 1.33. The Bertz CT molecular complexity index is 566. The van der Waals surface area contributed by atoms with E-state index in [0.717, 1.165) is 5.69 Å². The largest absolute Gasteiger partial charge is 0.349 e. The van der Waals surface area contributed by atoms with Crippen molar-refractivity contribution in [1.82, 2.24) is 20.6 Å². The third kappa shape index (κ3) is 3.68. The number of hydrogen-bond donors (Lipinski definition) is 3. The van der Waals surface area contributed by atoms with Gasteiger partial charge in [0, 0.05) is 11.8 Å². The van der Waals surface area contributed by atoms with Gasteiger partial charge in [-0.25, -0.2) is 4.98 Å². The van der Waals surface area contributed by atoms with Gasteiger partial charge in [0.2, 0.25) is 5.91 Å². The van der Waals surface area contributed by atoms with E-state index >= 15 is 0 Å². The number of nitrogens with one attached hydrogen (secondary N) is 3. The number of aromatic nitrogens is 2. The zero-order valence-corrected chi connectivity index (χ0v) is 11.1. The predicted octanol–water partition coefficient (Wildman–Crippen LogP) is 0.844. The lowest BCUT2D eigenvalue weighted by atomic mass is 10.2. The molecule has 0 fully saturated rings. The number of benzene rings is 1. The molecule has 0 radical (unpaired) electrons. The minimum Gasteiger partial charge on any atom is -0.349 e. The quantitative estimate of drug-likeness (QED) is 0.754. The smallest absolute Gasteiger partial charge is 0.251 e. The average molecular weight is 272 g/mol. The maximum absolute atomic E-state index is 11.9. The normalized spacial score (nSPS) is 11.7. The molecule has 0 bridgehead atoms. The molecule has 1 atom stereocenters. The minimum absolute atomic E-state index is 0.246. The highest BCUT2D eigenvalue weighted by molar-refractivity contribution is 5.97. The lowest BCUT2D eigenvalue weighted by Crippen LogP contribution is -2.44. The Morgan fingerprint density at radius 3 is 2.70 bits per heavy atom. The number of H-pyrrole nitrogens is 1. The molecule has 0 saturated heterocycles. The summed E-state index contributed by atoms with van der Waals surface area (Å²) in [6.45, 7) is 1.99. The molecule has 3 N–H and O–H groups in total. The van der Waals surface area contributed by atoms with Crippen LogP contribution in [0, 0.1) is 0 Å². The highest BCUT2D eigenvalue weighted by Gasteiger charge is 2.16. The van der Waals surface area contributed by atoms with Crippen LogP contribution >= 0.6 is 0 Å². The van der Waals surface area contributed by atoms with E-state index in [4.69, 9.17) is 0 Å². The van der Waals surface area contributed by atoms with Crippen LogP contribution < -0.4 is 10.6 Å². The first kappa shape index (κ1) is 13.8. The summed E-state index contributed by atoms with van der Waals surface area (Å²) in [5, 5.41) is 5.37. The fourth-order valence-corrected chi connectivity index (χ4v) is 1.65. The van der Waals surface area contributed by atoms with Gasteiger partial charge < -0.3 is 15.6 Å². The molecule has 0 aliphatic heterocycles. The van der Waals surface area contributed by atoms with Gasteiger partial charge in [-0.2, -0.15) is 0 Å². The van der Waals surface area contributed by atoms with Gasteiger partial charge in [0.15, 0.2) is 0 Å². The molecular formula is C14H16N4O2. The van der Waals surface area contributed by atoms with Crippen molar-refractivity contribution in [3.63, 3.8) is 0 Å². The summed E-state index contributed by atoms with van der Waals surface area (Å²) in [7, 11) is 0. The van der Waals surface area contributed by atoms with Crippen LogP contribution in [-0.4, -0.2) is 27.8 Å². The van der Waals surface area contributed by atoms with Crippen molar-refractivity contribution in [2.24, 2.45) is 0 Å². The molecule has 20 heavy (non-hydrogen) atoms. The molecule has 0 aliphatic carbocycles. The standard InChI is InChI=1S/C14H16N4O2/c1-10(13(19)16-8-12-7-15-9-17-12)18-14(20)11-5-3-2-4-6-11/h2-7,9-10H,8H2,1H3,(H,15,17)(H,16,19)(H,18,20). The van der Waals surface area contributed by atoms with Gasteiger partial charge in [-0.15, -0.1) is 0 Å². The van der Waals surface area contributed by atoms with Gasteiger partial charge in [-0.05, 0) is 19.1 Å². The van der Waals surface area contributed by atoms with Gasteiger partial charge in [0.1, 0.15) is 6.04 Å². The van der Waals surface area contributed by atoms with Crippen molar-refractivity contribution in [2.45, 2.75) is 19.5 Å². The fourth-order valence-electron chi connectivity index (χ4n) is 1.65. The molecule has 6 nitrogen and oxygen atoms in total. The van der Waals surface area contributed by atoms with E-state index in [1.165, 1.54) is 0 Å². The second-order valence-corrected chi connectivity index (χ2v) is 4.36. The molecule has 2 amide bonds. The number of nitrogens with zero attached hydrogens (tertiary/aromatic N) is 1. The first-order valence-electron chi connectivity index (χ1n) is 6.27. The van der Waals surface area contributed by atoms with E-state index in [1.54, 1.807) is 43.7 Å². The lowest BCUT2D eigenvalue weighted by Gasteiger charge is -2.13. The Balaban J connectivity index is 1.83. The van der Waals surface area contributed by atoms with Crippen molar-refractivity contribution in [1.29, 1.82) is 0 Å². The van der Waals surface area contributed by atoms with Crippen LogP contribution in [0.2, 0.25) is 0 Å². The third-order valence-electron chi connectivity index (χ3n) is 2.78. The van der Waals surface area contributed by atoms with E-state index < -0.39 is 6.04 Å². The van der Waals surface area contributed by atoms with Gasteiger partial charge in [0.25, 0.3) is 5.91 Å². The molecule has 1 aromatic carbocycles. The molecule has 2 aromatic rings. The molecule has 1 heterocycles. The first-order valence-corrected chi connectivity index (χ1v) is 6.27. The first-order chi connectivity index (χ1) is 9.66. The lowest BCUT2D eigenvalue weighted by molar-refractivity contribution is -0.122. The molecular weight excluding hydrogens is 256 g/mol. The average Bonchev–Trinajstić information content (AvgIpc) is 2.98. The van der Waals surface area contributed by atoms with Crippen molar-refractivity contribution < 1.29 is 9.59 Å². The summed E-state index contributed by atoms with van der Waals surface area (Å²) in [5.74, 6) is -0.515. The Kier molecular flexibility index (Phi) is 4.49. The number of rotatable bonds is 5. The molecule has 0 aliphatic rings. The van der Waals surface area contributed by atoms with Crippen molar-refractivity contribution in [3.05, 3.63) is 54.1 Å². The van der Waals surface area contributed by atoms with Crippen LogP contribution in [0.1, 0.15) is 23.0 Å². The number of hydrogen-bond acceptors (Lipinski definition) is 3. The Hall–Kier alpha value is -2.63. The molecule has 104 valence electrons. The molecule has 0 saturated carbocycles. The summed E-state index contributed by atoms with van der Waals surface area (Å²) >= 11 is 0. The number of carbonyl (C=O) groups excluding carboxylic acids is 2. The maximum Gasteiger partial charge on any atom is 0.251 e. The molecule has 6 heteroatoms. The van der Waals surface area contributed by atoms with Crippen LogP contribution in [0.15, 0.2) is 42.9 Å². The molecule has 1 aromatic heterocycles. The van der Waals surface area contributed by atoms with E-state index in [1.807, 2.05) is 6.07 Å². The van der Waals surface area contributed by atoms with Gasteiger partial charge in [-0.1, -0.05) is 18.2 Å². The molecule has 0 spiro atoms. The van der Waals surface area contributed by atoms with Crippen LogP contribution in [-0.2, 0) is 11.3 Å². The highest BCUT2D eigenvalue weighted by atomic mass is 16.2. The van der Waals surface area contributed by atoms with E-state index in [0.29, 0.717) is 12.1 Å². The molecule has 1 unspecified atom stereocenters. The fraction of sp³-hybridized carbons (Fsp3) is 0.214. The topological polar surface area (TPSA) is 86.9 Å². The van der Waals surface area contributed by atoms with Gasteiger partial charge >= 0.3 is 0 Å². The summed E-state index contributed by atoms with van der Waals surface area (Å²) in [6.07, 6.45) is 3.18. The zero-order valence-electron chi connectivity index (χ0n) is 11.1. The van der Waals surface area contributed by atoms with Crippen LogP contribution in [0.25, 0.3) is 0 Å². The summed E-state index contributed by atoms with van der Waals surface area (Å²) < 4.78 is 0. The van der Waals surface area contributed by atoms with Gasteiger partial charge in [0.05, 0.1) is 18.6 Å². The van der Waals surface area contributed by atoms with Gasteiger partial charge in [-0.3, -0.25) is 9.59 Å². The SMILES string of the molecule is CC(NC(=O)c1ccccc1)C(=O)NCc1cnc[nH]1. The van der Waals surface area contributed by atoms with E-state index in [-0.39, 0.29) is 11.8 Å². The summed E-state index contributed by atoms with van der Waals surface area (Å²) in [6, 6.07) is 8.17. The Labute approximate surface area is 116 Å². The van der Waals surface area contributed by atoms with E-state index in [2.05, 4.69) is 20.6 Å². The predicted molar refractivity (Wildman–Crippen MR) is 73.8 cm³/mol. The van der Waals surface area contributed by atoms with Crippen LogP contribution in [0.3, 0.4) is 0 Å². The van der Waals surface area contributed by atoms with Crippen molar-refractivity contribution >= 4 is 11.8 Å². The number of aromatic amines is 1. The number of amides is 2. The van der Waals surface area contributed by atoms with E-state index in [9.17, 15) is 9.59 Å². The van der Waals surface area contributed by atoms with Crippen molar-refractivity contribution in [3.8, 4) is 0 Å². The second-order valence-electron chi connectivity index (χ2n) is 4.36. The molecule has 2 rings (SSSR count). The minimum atomic E-state index is -0.606. The zero-order chi connectivity index (χ0) is 14.4. The maximum atomic E-state index is 11.9. The summed E-state index contributed by atoms with van der Waals surface area (Å²) in [4.78, 5) is 30.5. The Morgan fingerprint density at radius 2 is 2.05 bits per heavy atom. The third-order valence-corrected chi connectivity index (χ3v) is 2.78. The van der Waals surface area contributed by atoms with Crippen LogP contribution in [0.5, 0.6) is 0 Å². The second kappa shape index (κ2) is 6.51. The van der Waals surface area contributed by atoms with Crippen LogP contribution in [0.4, 0.5) is 0 Å².